The SMILES string of the molecule is CC(C)(C)c1ccccc1NC(=O)c1cnc(N)c(Cl)c1. The lowest BCUT2D eigenvalue weighted by molar-refractivity contribution is 0.102. The van der Waals surface area contributed by atoms with Gasteiger partial charge >= 0.3 is 0 Å². The maximum Gasteiger partial charge on any atom is 0.257 e. The smallest absolute Gasteiger partial charge is 0.257 e. The van der Waals surface area contributed by atoms with Gasteiger partial charge in [0.25, 0.3) is 5.91 Å². The molecule has 5 heteroatoms. The second-order valence-electron chi connectivity index (χ2n) is 5.84. The molecule has 1 aromatic carbocycles. The van der Waals surface area contributed by atoms with Crippen molar-refractivity contribution in [2.45, 2.75) is 26.2 Å². The minimum Gasteiger partial charge on any atom is -0.382 e. The molecule has 0 fully saturated rings. The number of carbonyl (C=O) groups is 1. The fourth-order valence-electron chi connectivity index (χ4n) is 2.01. The van der Waals surface area contributed by atoms with Gasteiger partial charge in [-0.15, -0.1) is 0 Å². The molecule has 0 radical (unpaired) electrons. The van der Waals surface area contributed by atoms with Crippen molar-refractivity contribution in [3.8, 4) is 0 Å². The molecule has 0 aliphatic rings. The van der Waals surface area contributed by atoms with Crippen molar-refractivity contribution < 1.29 is 4.79 Å². The van der Waals surface area contributed by atoms with Gasteiger partial charge in [0.2, 0.25) is 0 Å². The normalized spacial score (nSPS) is 11.2. The van der Waals surface area contributed by atoms with Crippen molar-refractivity contribution in [1.29, 1.82) is 0 Å². The zero-order chi connectivity index (χ0) is 15.6. The summed E-state index contributed by atoms with van der Waals surface area (Å²) in [5.41, 5.74) is 7.70. The van der Waals surface area contributed by atoms with Crippen LogP contribution in [-0.2, 0) is 5.41 Å². The number of anilines is 2. The Morgan fingerprint density at radius 3 is 2.57 bits per heavy atom. The maximum atomic E-state index is 12.3. The summed E-state index contributed by atoms with van der Waals surface area (Å²) >= 11 is 5.90. The first-order valence-electron chi connectivity index (χ1n) is 6.61. The molecule has 0 unspecified atom stereocenters. The molecule has 21 heavy (non-hydrogen) atoms. The van der Waals surface area contributed by atoms with Crippen molar-refractivity contribution in [2.24, 2.45) is 0 Å². The number of nitrogen functional groups attached to an aromatic ring is 1. The third-order valence-electron chi connectivity index (χ3n) is 3.12. The molecule has 0 saturated heterocycles. The van der Waals surface area contributed by atoms with Gasteiger partial charge in [-0.1, -0.05) is 50.6 Å². The third kappa shape index (κ3) is 3.52. The van der Waals surface area contributed by atoms with Gasteiger partial charge in [0.05, 0.1) is 10.6 Å². The average molecular weight is 304 g/mol. The van der Waals surface area contributed by atoms with Gasteiger partial charge in [0.15, 0.2) is 0 Å². The van der Waals surface area contributed by atoms with Crippen LogP contribution in [0.5, 0.6) is 0 Å². The zero-order valence-corrected chi connectivity index (χ0v) is 13.0. The first-order valence-corrected chi connectivity index (χ1v) is 6.98. The van der Waals surface area contributed by atoms with Crippen molar-refractivity contribution in [2.75, 3.05) is 11.1 Å². The van der Waals surface area contributed by atoms with Gasteiger partial charge in [-0.25, -0.2) is 4.98 Å². The molecule has 1 heterocycles. The summed E-state index contributed by atoms with van der Waals surface area (Å²) in [6, 6.07) is 9.24. The first-order chi connectivity index (χ1) is 9.79. The lowest BCUT2D eigenvalue weighted by Crippen LogP contribution is -2.19. The van der Waals surface area contributed by atoms with E-state index in [1.807, 2.05) is 24.3 Å². The Morgan fingerprint density at radius 1 is 1.29 bits per heavy atom. The van der Waals surface area contributed by atoms with Crippen LogP contribution >= 0.6 is 11.6 Å². The Labute approximate surface area is 129 Å². The highest BCUT2D eigenvalue weighted by Crippen LogP contribution is 2.29. The molecule has 0 spiro atoms. The second-order valence-corrected chi connectivity index (χ2v) is 6.25. The van der Waals surface area contributed by atoms with Crippen LogP contribution in [-0.4, -0.2) is 10.9 Å². The van der Waals surface area contributed by atoms with Crippen LogP contribution in [0.15, 0.2) is 36.5 Å². The Hall–Kier alpha value is -2.07. The Kier molecular flexibility index (Phi) is 4.19. The maximum absolute atomic E-state index is 12.3. The Balaban J connectivity index is 2.30. The van der Waals surface area contributed by atoms with E-state index in [9.17, 15) is 4.79 Å². The number of nitrogens with zero attached hydrogens (tertiary/aromatic N) is 1. The summed E-state index contributed by atoms with van der Waals surface area (Å²) in [5.74, 6) is -0.0515. The topological polar surface area (TPSA) is 68.0 Å². The van der Waals surface area contributed by atoms with Crippen LogP contribution in [0.3, 0.4) is 0 Å². The van der Waals surface area contributed by atoms with Gasteiger partial charge in [-0.2, -0.15) is 0 Å². The van der Waals surface area contributed by atoms with Crippen molar-refractivity contribution in [3.05, 3.63) is 52.7 Å². The molecular weight excluding hydrogens is 286 g/mol. The van der Waals surface area contributed by atoms with Crippen LogP contribution in [0.4, 0.5) is 11.5 Å². The van der Waals surface area contributed by atoms with E-state index >= 15 is 0 Å². The number of nitrogens with one attached hydrogen (secondary N) is 1. The van der Waals surface area contributed by atoms with Crippen LogP contribution in [0.1, 0.15) is 36.7 Å². The highest BCUT2D eigenvalue weighted by molar-refractivity contribution is 6.33. The van der Waals surface area contributed by atoms with E-state index in [1.54, 1.807) is 0 Å². The minimum absolute atomic E-state index is 0.0686. The summed E-state index contributed by atoms with van der Waals surface area (Å²) in [4.78, 5) is 16.2. The Bertz CT molecular complexity index is 677. The van der Waals surface area contributed by atoms with Crippen LogP contribution in [0, 0.1) is 0 Å². The summed E-state index contributed by atoms with van der Waals surface area (Å²) in [6.07, 6.45) is 1.41. The largest absolute Gasteiger partial charge is 0.382 e. The number of pyridine rings is 1. The zero-order valence-electron chi connectivity index (χ0n) is 12.3. The molecular formula is C16H18ClN3O. The predicted molar refractivity (Wildman–Crippen MR) is 86.8 cm³/mol. The van der Waals surface area contributed by atoms with E-state index in [0.717, 1.165) is 11.3 Å². The number of amides is 1. The quantitative estimate of drug-likeness (QED) is 0.885. The van der Waals surface area contributed by atoms with Gasteiger partial charge in [0.1, 0.15) is 5.82 Å². The molecule has 1 aromatic heterocycles. The lowest BCUT2D eigenvalue weighted by atomic mass is 9.86. The van der Waals surface area contributed by atoms with Crippen LogP contribution in [0.2, 0.25) is 5.02 Å². The third-order valence-corrected chi connectivity index (χ3v) is 3.42. The van der Waals surface area contributed by atoms with Crippen molar-refractivity contribution in [3.63, 3.8) is 0 Å². The molecule has 2 aromatic rings. The number of nitrogens with two attached hydrogens (primary N) is 1. The van der Waals surface area contributed by atoms with E-state index in [2.05, 4.69) is 31.1 Å². The number of hydrogen-bond acceptors (Lipinski definition) is 3. The lowest BCUT2D eigenvalue weighted by Gasteiger charge is -2.23. The standard InChI is InChI=1S/C16H18ClN3O/c1-16(2,3)11-6-4-5-7-13(11)20-15(21)10-8-12(17)14(18)19-9-10/h4-9H,1-3H3,(H2,18,19)(H,20,21). The Morgan fingerprint density at radius 2 is 1.95 bits per heavy atom. The highest BCUT2D eigenvalue weighted by Gasteiger charge is 2.19. The van der Waals surface area contributed by atoms with Crippen LogP contribution in [0.25, 0.3) is 0 Å². The van der Waals surface area contributed by atoms with Crippen LogP contribution < -0.4 is 11.1 Å². The van der Waals surface area contributed by atoms with E-state index in [-0.39, 0.29) is 22.2 Å². The van der Waals surface area contributed by atoms with Gasteiger partial charge in [0, 0.05) is 11.9 Å². The van der Waals surface area contributed by atoms with Gasteiger partial charge in [-0.05, 0) is 23.1 Å². The summed E-state index contributed by atoms with van der Waals surface area (Å²) in [5, 5.41) is 3.17. The first kappa shape index (κ1) is 15.3. The number of para-hydroxylation sites is 1. The molecule has 2 rings (SSSR count). The molecule has 110 valence electrons. The molecule has 0 saturated carbocycles. The summed E-state index contributed by atoms with van der Waals surface area (Å²) in [7, 11) is 0. The fourth-order valence-corrected chi connectivity index (χ4v) is 2.18. The summed E-state index contributed by atoms with van der Waals surface area (Å²) < 4.78 is 0. The minimum atomic E-state index is -0.263. The number of aromatic nitrogens is 1. The average Bonchev–Trinajstić information content (AvgIpc) is 2.41. The molecule has 0 aliphatic heterocycles. The summed E-state index contributed by atoms with van der Waals surface area (Å²) in [6.45, 7) is 6.29. The predicted octanol–water partition coefficient (Wildman–Crippen LogP) is 3.87. The highest BCUT2D eigenvalue weighted by atomic mass is 35.5. The molecule has 4 nitrogen and oxygen atoms in total. The molecule has 3 N–H and O–H groups in total. The molecule has 0 atom stereocenters. The van der Waals surface area contributed by atoms with E-state index in [0.29, 0.717) is 5.56 Å². The van der Waals surface area contributed by atoms with E-state index in [4.69, 9.17) is 17.3 Å². The molecule has 0 bridgehead atoms. The van der Waals surface area contributed by atoms with Crippen molar-refractivity contribution >= 4 is 29.0 Å². The number of rotatable bonds is 2. The second kappa shape index (κ2) is 5.74. The number of halogens is 1. The fraction of sp³-hybridized carbons (Fsp3) is 0.250. The molecule has 0 aliphatic carbocycles. The van der Waals surface area contributed by atoms with Crippen molar-refractivity contribution in [1.82, 2.24) is 4.98 Å². The number of hydrogen-bond donors (Lipinski definition) is 2. The van der Waals surface area contributed by atoms with Gasteiger partial charge < -0.3 is 11.1 Å². The van der Waals surface area contributed by atoms with Gasteiger partial charge in [-0.3, -0.25) is 4.79 Å². The van der Waals surface area contributed by atoms with E-state index in [1.165, 1.54) is 12.3 Å². The molecule has 1 amide bonds. The number of benzene rings is 1. The number of carbonyl (C=O) groups excluding carboxylic acids is 1. The van der Waals surface area contributed by atoms with E-state index < -0.39 is 0 Å². The monoisotopic (exact) mass is 303 g/mol.